The molecule has 0 unspecified atom stereocenters. The van der Waals surface area contributed by atoms with Crippen molar-refractivity contribution in [2.45, 2.75) is 38.6 Å². The molecular formula is C16H20FNO3. The lowest BCUT2D eigenvalue weighted by molar-refractivity contribution is -0.142. The molecule has 2 rings (SSSR count). The molecular weight excluding hydrogens is 273 g/mol. The molecule has 1 aliphatic rings. The first-order valence-corrected chi connectivity index (χ1v) is 7.25. The minimum absolute atomic E-state index is 0.212. The third-order valence-electron chi connectivity index (χ3n) is 4.09. The summed E-state index contributed by atoms with van der Waals surface area (Å²) in [5.41, 5.74) is 0.501. The van der Waals surface area contributed by atoms with Gasteiger partial charge >= 0.3 is 5.97 Å². The number of benzene rings is 1. The maximum absolute atomic E-state index is 13.6. The Hall–Kier alpha value is -1.91. The Balaban J connectivity index is 1.94. The van der Waals surface area contributed by atoms with E-state index in [0.717, 1.165) is 6.42 Å². The molecule has 0 saturated heterocycles. The summed E-state index contributed by atoms with van der Waals surface area (Å²) in [5, 5.41) is 11.9. The van der Waals surface area contributed by atoms with E-state index >= 15 is 0 Å². The number of hydrogen-bond acceptors (Lipinski definition) is 2. The van der Waals surface area contributed by atoms with Crippen molar-refractivity contribution in [3.8, 4) is 0 Å². The molecule has 3 atom stereocenters. The van der Waals surface area contributed by atoms with Crippen LogP contribution in [0.25, 0.3) is 0 Å². The average molecular weight is 293 g/mol. The van der Waals surface area contributed by atoms with Gasteiger partial charge in [-0.15, -0.1) is 0 Å². The van der Waals surface area contributed by atoms with Crippen molar-refractivity contribution in [3.05, 3.63) is 35.6 Å². The lowest BCUT2D eigenvalue weighted by Crippen LogP contribution is -2.42. The third-order valence-corrected chi connectivity index (χ3v) is 4.09. The van der Waals surface area contributed by atoms with Crippen LogP contribution in [0.15, 0.2) is 24.3 Å². The van der Waals surface area contributed by atoms with Gasteiger partial charge < -0.3 is 10.4 Å². The first-order valence-electron chi connectivity index (χ1n) is 7.25. The number of halogens is 1. The molecule has 2 N–H and O–H groups in total. The van der Waals surface area contributed by atoms with Crippen LogP contribution >= 0.6 is 0 Å². The highest BCUT2D eigenvalue weighted by atomic mass is 19.1. The zero-order chi connectivity index (χ0) is 15.4. The zero-order valence-corrected chi connectivity index (χ0v) is 12.0. The largest absolute Gasteiger partial charge is 0.481 e. The first-order chi connectivity index (χ1) is 9.99. The number of aliphatic carboxylic acids is 1. The number of hydrogen-bond donors (Lipinski definition) is 2. The van der Waals surface area contributed by atoms with E-state index in [0.29, 0.717) is 24.8 Å². The van der Waals surface area contributed by atoms with Gasteiger partial charge in [-0.1, -0.05) is 31.5 Å². The molecule has 1 aromatic carbocycles. The quantitative estimate of drug-likeness (QED) is 0.876. The van der Waals surface area contributed by atoms with Gasteiger partial charge in [-0.25, -0.2) is 4.39 Å². The van der Waals surface area contributed by atoms with E-state index in [1.807, 2.05) is 0 Å². The number of rotatable bonds is 5. The number of carboxylic acid groups (broad SMARTS) is 1. The first kappa shape index (κ1) is 15.5. The van der Waals surface area contributed by atoms with Crippen molar-refractivity contribution in [2.75, 3.05) is 0 Å². The van der Waals surface area contributed by atoms with Gasteiger partial charge in [0, 0.05) is 12.0 Å². The molecule has 1 saturated carbocycles. The lowest BCUT2D eigenvalue weighted by atomic mass is 9.98. The minimum atomic E-state index is -0.862. The minimum Gasteiger partial charge on any atom is -0.481 e. The Morgan fingerprint density at radius 1 is 1.38 bits per heavy atom. The highest BCUT2D eigenvalue weighted by molar-refractivity contribution is 5.80. The Kier molecular flexibility index (Phi) is 4.94. The monoisotopic (exact) mass is 293 g/mol. The fourth-order valence-electron chi connectivity index (χ4n) is 2.84. The van der Waals surface area contributed by atoms with Crippen LogP contribution in [0.5, 0.6) is 0 Å². The number of carboxylic acids is 1. The van der Waals surface area contributed by atoms with Gasteiger partial charge in [-0.3, -0.25) is 9.59 Å². The topological polar surface area (TPSA) is 66.4 Å². The van der Waals surface area contributed by atoms with Crippen LogP contribution in [0.3, 0.4) is 0 Å². The standard InChI is InChI=1S/C16H20FNO3/c1-10(9-11-5-2-3-7-13(11)17)15(19)18-14-8-4-6-12(14)16(20)21/h2-3,5,7,10,12,14H,4,6,8-9H2,1H3,(H,18,19)(H,20,21)/t10-,12-,14-/m1/s1. The second-order valence-corrected chi connectivity index (χ2v) is 5.69. The average Bonchev–Trinajstić information content (AvgIpc) is 2.89. The Bertz CT molecular complexity index is 532. The van der Waals surface area contributed by atoms with Crippen LogP contribution in [0.4, 0.5) is 4.39 Å². The molecule has 21 heavy (non-hydrogen) atoms. The Morgan fingerprint density at radius 3 is 2.76 bits per heavy atom. The lowest BCUT2D eigenvalue weighted by Gasteiger charge is -2.20. The van der Waals surface area contributed by atoms with Crippen molar-refractivity contribution in [1.29, 1.82) is 0 Å². The number of amides is 1. The van der Waals surface area contributed by atoms with Crippen molar-refractivity contribution < 1.29 is 19.1 Å². The highest BCUT2D eigenvalue weighted by Gasteiger charge is 2.34. The molecule has 0 heterocycles. The molecule has 0 spiro atoms. The summed E-state index contributed by atoms with van der Waals surface area (Å²) in [4.78, 5) is 23.3. The SMILES string of the molecule is C[C@H](Cc1ccccc1F)C(=O)N[C@@H]1CCC[C@H]1C(=O)O. The van der Waals surface area contributed by atoms with E-state index in [1.54, 1.807) is 25.1 Å². The highest BCUT2D eigenvalue weighted by Crippen LogP contribution is 2.26. The van der Waals surface area contributed by atoms with E-state index < -0.39 is 17.8 Å². The number of nitrogens with one attached hydrogen (secondary N) is 1. The second kappa shape index (κ2) is 6.70. The van der Waals surface area contributed by atoms with Gasteiger partial charge in [0.2, 0.25) is 5.91 Å². The second-order valence-electron chi connectivity index (χ2n) is 5.69. The van der Waals surface area contributed by atoms with Gasteiger partial charge in [0.15, 0.2) is 0 Å². The molecule has 0 aromatic heterocycles. The predicted octanol–water partition coefficient (Wildman–Crippen LogP) is 2.37. The van der Waals surface area contributed by atoms with Crippen LogP contribution < -0.4 is 5.32 Å². The predicted molar refractivity (Wildman–Crippen MR) is 76.2 cm³/mol. The maximum Gasteiger partial charge on any atom is 0.308 e. The smallest absolute Gasteiger partial charge is 0.308 e. The Morgan fingerprint density at radius 2 is 2.10 bits per heavy atom. The van der Waals surface area contributed by atoms with E-state index in [9.17, 15) is 14.0 Å². The van der Waals surface area contributed by atoms with E-state index in [-0.39, 0.29) is 17.8 Å². The summed E-state index contributed by atoms with van der Waals surface area (Å²) < 4.78 is 13.6. The summed E-state index contributed by atoms with van der Waals surface area (Å²) >= 11 is 0. The van der Waals surface area contributed by atoms with Crippen LogP contribution in [0.1, 0.15) is 31.7 Å². The molecule has 0 radical (unpaired) electrons. The maximum atomic E-state index is 13.6. The van der Waals surface area contributed by atoms with Crippen molar-refractivity contribution in [1.82, 2.24) is 5.32 Å². The normalized spacial score (nSPS) is 22.8. The zero-order valence-electron chi connectivity index (χ0n) is 12.0. The van der Waals surface area contributed by atoms with Crippen LogP contribution in [-0.2, 0) is 16.0 Å². The van der Waals surface area contributed by atoms with E-state index in [1.165, 1.54) is 6.07 Å². The summed E-state index contributed by atoms with van der Waals surface area (Å²) in [6.45, 7) is 1.73. The fraction of sp³-hybridized carbons (Fsp3) is 0.500. The van der Waals surface area contributed by atoms with Crippen LogP contribution in [-0.4, -0.2) is 23.0 Å². The molecule has 1 aromatic rings. The molecule has 114 valence electrons. The summed E-state index contributed by atoms with van der Waals surface area (Å²) in [5.74, 6) is -2.29. The molecule has 1 fully saturated rings. The van der Waals surface area contributed by atoms with Crippen molar-refractivity contribution in [2.24, 2.45) is 11.8 Å². The van der Waals surface area contributed by atoms with Gasteiger partial charge in [0.25, 0.3) is 0 Å². The van der Waals surface area contributed by atoms with Gasteiger partial charge in [-0.2, -0.15) is 0 Å². The van der Waals surface area contributed by atoms with Gasteiger partial charge in [0.05, 0.1) is 5.92 Å². The van der Waals surface area contributed by atoms with E-state index in [4.69, 9.17) is 5.11 Å². The van der Waals surface area contributed by atoms with Crippen molar-refractivity contribution >= 4 is 11.9 Å². The van der Waals surface area contributed by atoms with E-state index in [2.05, 4.69) is 5.32 Å². The Labute approximate surface area is 123 Å². The molecule has 1 aliphatic carbocycles. The van der Waals surface area contributed by atoms with Gasteiger partial charge in [0.1, 0.15) is 5.82 Å². The number of carbonyl (C=O) groups is 2. The fourth-order valence-corrected chi connectivity index (χ4v) is 2.84. The molecule has 0 aliphatic heterocycles. The molecule has 4 nitrogen and oxygen atoms in total. The number of carbonyl (C=O) groups excluding carboxylic acids is 1. The summed E-state index contributed by atoms with van der Waals surface area (Å²) in [7, 11) is 0. The summed E-state index contributed by atoms with van der Waals surface area (Å²) in [6.07, 6.45) is 2.41. The summed E-state index contributed by atoms with van der Waals surface area (Å²) in [6, 6.07) is 6.07. The van der Waals surface area contributed by atoms with Gasteiger partial charge in [-0.05, 0) is 30.9 Å². The van der Waals surface area contributed by atoms with Crippen molar-refractivity contribution in [3.63, 3.8) is 0 Å². The molecule has 0 bridgehead atoms. The third kappa shape index (κ3) is 3.80. The van der Waals surface area contributed by atoms with Crippen LogP contribution in [0.2, 0.25) is 0 Å². The molecule has 1 amide bonds. The molecule has 5 heteroatoms. The van der Waals surface area contributed by atoms with Crippen LogP contribution in [0, 0.1) is 17.7 Å².